The molecule has 4 rings (SSSR count). The van der Waals surface area contributed by atoms with Crippen molar-refractivity contribution in [2.24, 2.45) is 4.99 Å². The third-order valence-corrected chi connectivity index (χ3v) is 5.35. The van der Waals surface area contributed by atoms with E-state index in [9.17, 15) is 4.79 Å². The Balaban J connectivity index is 1.56. The van der Waals surface area contributed by atoms with E-state index in [4.69, 9.17) is 14.2 Å². The van der Waals surface area contributed by atoms with Crippen molar-refractivity contribution in [3.63, 3.8) is 0 Å². The van der Waals surface area contributed by atoms with Crippen LogP contribution in [0.4, 0.5) is 0 Å². The van der Waals surface area contributed by atoms with Crippen molar-refractivity contribution in [1.29, 1.82) is 0 Å². The standard InChI is InChI=1S/C28H27NO4/c1-28(2,3)22-13-11-21(12-14-22)26-29-23(27(30)33-26)16-20-10-15-24(31-4)25(17-20)32-18-19-8-6-5-7-9-19/h5-17H,18H2,1-4H3/b23-16+. The van der Waals surface area contributed by atoms with Crippen LogP contribution in [0.2, 0.25) is 0 Å². The molecular formula is C28H27NO4. The minimum atomic E-state index is -0.479. The molecule has 0 fully saturated rings. The lowest BCUT2D eigenvalue weighted by Crippen LogP contribution is -2.11. The largest absolute Gasteiger partial charge is 0.493 e. The third kappa shape index (κ3) is 5.32. The van der Waals surface area contributed by atoms with Gasteiger partial charge in [-0.15, -0.1) is 0 Å². The zero-order valence-corrected chi connectivity index (χ0v) is 19.3. The predicted molar refractivity (Wildman–Crippen MR) is 130 cm³/mol. The van der Waals surface area contributed by atoms with Crippen LogP contribution in [0.1, 0.15) is 43.0 Å². The van der Waals surface area contributed by atoms with Crippen molar-refractivity contribution in [2.45, 2.75) is 32.8 Å². The lowest BCUT2D eigenvalue weighted by atomic mass is 9.87. The summed E-state index contributed by atoms with van der Waals surface area (Å²) in [6, 6.07) is 23.3. The molecule has 5 nitrogen and oxygen atoms in total. The Bertz CT molecular complexity index is 1200. The van der Waals surface area contributed by atoms with Crippen LogP contribution in [-0.2, 0) is 21.6 Å². The number of hydrogen-bond acceptors (Lipinski definition) is 5. The smallest absolute Gasteiger partial charge is 0.363 e. The number of hydrogen-bond donors (Lipinski definition) is 0. The summed E-state index contributed by atoms with van der Waals surface area (Å²) in [5.74, 6) is 1.03. The minimum Gasteiger partial charge on any atom is -0.493 e. The van der Waals surface area contributed by atoms with Gasteiger partial charge in [0.05, 0.1) is 7.11 Å². The van der Waals surface area contributed by atoms with Crippen LogP contribution in [0.15, 0.2) is 83.5 Å². The van der Waals surface area contributed by atoms with E-state index in [1.165, 1.54) is 5.56 Å². The summed E-state index contributed by atoms with van der Waals surface area (Å²) in [4.78, 5) is 16.9. The van der Waals surface area contributed by atoms with Gasteiger partial charge in [0.1, 0.15) is 6.61 Å². The van der Waals surface area contributed by atoms with Gasteiger partial charge in [0.15, 0.2) is 17.2 Å². The maximum Gasteiger partial charge on any atom is 0.363 e. The van der Waals surface area contributed by atoms with Crippen molar-refractivity contribution >= 4 is 17.9 Å². The first kappa shape index (κ1) is 22.3. The van der Waals surface area contributed by atoms with Gasteiger partial charge in [-0.2, -0.15) is 0 Å². The highest BCUT2D eigenvalue weighted by atomic mass is 16.6. The van der Waals surface area contributed by atoms with Crippen molar-refractivity contribution in [1.82, 2.24) is 0 Å². The third-order valence-electron chi connectivity index (χ3n) is 5.35. The van der Waals surface area contributed by atoms with E-state index in [1.807, 2.05) is 72.8 Å². The fourth-order valence-corrected chi connectivity index (χ4v) is 3.43. The SMILES string of the molecule is COc1ccc(/C=C2/N=C(c3ccc(C(C)(C)C)cc3)OC2=O)cc1OCc1ccccc1. The number of cyclic esters (lactones) is 1. The molecule has 0 amide bonds. The Hall–Kier alpha value is -3.86. The minimum absolute atomic E-state index is 0.0480. The lowest BCUT2D eigenvalue weighted by Gasteiger charge is -2.18. The van der Waals surface area contributed by atoms with Gasteiger partial charge in [0, 0.05) is 5.56 Å². The zero-order valence-electron chi connectivity index (χ0n) is 19.3. The van der Waals surface area contributed by atoms with E-state index in [2.05, 4.69) is 25.8 Å². The quantitative estimate of drug-likeness (QED) is 0.352. The normalized spacial score (nSPS) is 14.7. The van der Waals surface area contributed by atoms with Crippen LogP contribution in [0, 0.1) is 0 Å². The van der Waals surface area contributed by atoms with Crippen molar-refractivity contribution in [2.75, 3.05) is 7.11 Å². The van der Waals surface area contributed by atoms with E-state index in [-0.39, 0.29) is 11.1 Å². The fraction of sp³-hybridized carbons (Fsp3) is 0.214. The number of benzene rings is 3. The maximum atomic E-state index is 12.4. The molecule has 0 bridgehead atoms. The molecular weight excluding hydrogens is 414 g/mol. The van der Waals surface area contributed by atoms with Gasteiger partial charge < -0.3 is 14.2 Å². The summed E-state index contributed by atoms with van der Waals surface area (Å²) in [7, 11) is 1.60. The van der Waals surface area contributed by atoms with Crippen molar-refractivity contribution in [3.8, 4) is 11.5 Å². The molecule has 0 radical (unpaired) electrons. The molecule has 0 N–H and O–H groups in total. The molecule has 1 heterocycles. The number of carbonyl (C=O) groups is 1. The summed E-state index contributed by atoms with van der Waals surface area (Å²) in [5.41, 5.74) is 4.07. The summed E-state index contributed by atoms with van der Waals surface area (Å²) < 4.78 is 16.8. The molecule has 3 aromatic rings. The Morgan fingerprint density at radius 1 is 0.939 bits per heavy atom. The van der Waals surface area contributed by atoms with E-state index in [1.54, 1.807) is 13.2 Å². The first-order chi connectivity index (χ1) is 15.8. The topological polar surface area (TPSA) is 57.1 Å². The molecule has 0 unspecified atom stereocenters. The molecule has 3 aromatic carbocycles. The number of esters is 1. The van der Waals surface area contributed by atoms with Crippen LogP contribution in [-0.4, -0.2) is 19.0 Å². The van der Waals surface area contributed by atoms with Gasteiger partial charge in [-0.05, 0) is 52.4 Å². The second kappa shape index (κ2) is 9.33. The zero-order chi connectivity index (χ0) is 23.4. The van der Waals surface area contributed by atoms with Crippen LogP contribution in [0.25, 0.3) is 6.08 Å². The molecule has 1 aliphatic rings. The summed E-state index contributed by atoms with van der Waals surface area (Å²) in [5, 5.41) is 0. The van der Waals surface area contributed by atoms with Crippen molar-refractivity contribution < 1.29 is 19.0 Å². The number of ether oxygens (including phenoxy) is 3. The second-order valence-corrected chi connectivity index (χ2v) is 8.85. The molecule has 0 spiro atoms. The number of aliphatic imine (C=N–C) groups is 1. The lowest BCUT2D eigenvalue weighted by molar-refractivity contribution is -0.129. The molecule has 33 heavy (non-hydrogen) atoms. The maximum absolute atomic E-state index is 12.4. The average molecular weight is 442 g/mol. The first-order valence-corrected chi connectivity index (χ1v) is 10.8. The Morgan fingerprint density at radius 3 is 2.33 bits per heavy atom. The Morgan fingerprint density at radius 2 is 1.67 bits per heavy atom. The van der Waals surface area contributed by atoms with Gasteiger partial charge in [-0.1, -0.05) is 69.3 Å². The predicted octanol–water partition coefficient (Wildman–Crippen LogP) is 5.92. The molecule has 1 aliphatic heterocycles. The van der Waals surface area contributed by atoms with E-state index < -0.39 is 5.97 Å². The fourth-order valence-electron chi connectivity index (χ4n) is 3.43. The van der Waals surface area contributed by atoms with Gasteiger partial charge in [0.2, 0.25) is 5.90 Å². The van der Waals surface area contributed by atoms with Gasteiger partial charge in [-0.3, -0.25) is 0 Å². The van der Waals surface area contributed by atoms with Gasteiger partial charge in [-0.25, -0.2) is 9.79 Å². The highest BCUT2D eigenvalue weighted by molar-refractivity contribution is 6.12. The highest BCUT2D eigenvalue weighted by Gasteiger charge is 2.25. The number of rotatable bonds is 6. The molecule has 0 aliphatic carbocycles. The summed E-state index contributed by atoms with van der Waals surface area (Å²) >= 11 is 0. The summed E-state index contributed by atoms with van der Waals surface area (Å²) in [6.45, 7) is 6.88. The average Bonchev–Trinajstić information content (AvgIpc) is 3.18. The van der Waals surface area contributed by atoms with Crippen molar-refractivity contribution in [3.05, 3.63) is 101 Å². The van der Waals surface area contributed by atoms with Gasteiger partial charge in [0.25, 0.3) is 0 Å². The molecule has 0 saturated carbocycles. The first-order valence-electron chi connectivity index (χ1n) is 10.8. The van der Waals surface area contributed by atoms with Gasteiger partial charge >= 0.3 is 5.97 Å². The monoisotopic (exact) mass is 441 g/mol. The Labute approximate surface area is 194 Å². The summed E-state index contributed by atoms with van der Waals surface area (Å²) in [6.07, 6.45) is 1.69. The number of methoxy groups -OCH3 is 1. The van der Waals surface area contributed by atoms with E-state index in [0.717, 1.165) is 16.7 Å². The molecule has 0 aromatic heterocycles. The van der Waals surface area contributed by atoms with Crippen LogP contribution >= 0.6 is 0 Å². The van der Waals surface area contributed by atoms with Crippen LogP contribution in [0.3, 0.4) is 0 Å². The van der Waals surface area contributed by atoms with Crippen LogP contribution < -0.4 is 9.47 Å². The number of carbonyl (C=O) groups excluding carboxylic acids is 1. The molecule has 0 atom stereocenters. The molecule has 168 valence electrons. The number of nitrogens with zero attached hydrogens (tertiary/aromatic N) is 1. The van der Waals surface area contributed by atoms with Crippen LogP contribution in [0.5, 0.6) is 11.5 Å². The van der Waals surface area contributed by atoms with E-state index >= 15 is 0 Å². The Kier molecular flexibility index (Phi) is 6.31. The molecule has 5 heteroatoms. The highest BCUT2D eigenvalue weighted by Crippen LogP contribution is 2.31. The second-order valence-electron chi connectivity index (χ2n) is 8.85. The molecule has 0 saturated heterocycles. The van der Waals surface area contributed by atoms with E-state index in [0.29, 0.717) is 24.0 Å².